The van der Waals surface area contributed by atoms with Gasteiger partial charge >= 0.3 is 5.97 Å². The first kappa shape index (κ1) is 18.0. The Morgan fingerprint density at radius 2 is 2.04 bits per heavy atom. The SMILES string of the molecule is O=C(COC(=O)/C=C/c1ccc2c(c1)OCO2)Nc1ncc(Cl)cc1Cl. The maximum absolute atomic E-state index is 11.8. The van der Waals surface area contributed by atoms with Crippen molar-refractivity contribution in [3.05, 3.63) is 52.1 Å². The molecule has 0 saturated carbocycles. The molecule has 0 bridgehead atoms. The second-order valence-corrected chi connectivity index (χ2v) is 5.93. The number of halogens is 2. The van der Waals surface area contributed by atoms with Crippen molar-refractivity contribution in [1.82, 2.24) is 4.98 Å². The minimum Gasteiger partial charge on any atom is -0.454 e. The molecule has 0 fully saturated rings. The number of hydrogen-bond acceptors (Lipinski definition) is 6. The van der Waals surface area contributed by atoms with Crippen molar-refractivity contribution in [3.63, 3.8) is 0 Å². The third kappa shape index (κ3) is 4.65. The van der Waals surface area contributed by atoms with E-state index < -0.39 is 18.5 Å². The van der Waals surface area contributed by atoms with E-state index in [1.54, 1.807) is 24.3 Å². The van der Waals surface area contributed by atoms with E-state index in [1.165, 1.54) is 18.3 Å². The molecular formula is C17H12Cl2N2O5. The summed E-state index contributed by atoms with van der Waals surface area (Å²) in [5.74, 6) is 0.135. The molecule has 0 unspecified atom stereocenters. The summed E-state index contributed by atoms with van der Waals surface area (Å²) in [6, 6.07) is 6.67. The fourth-order valence-corrected chi connectivity index (χ4v) is 2.47. The molecule has 3 rings (SSSR count). The molecule has 1 aliphatic heterocycles. The molecule has 1 aromatic carbocycles. The molecule has 134 valence electrons. The zero-order chi connectivity index (χ0) is 18.5. The average molecular weight is 395 g/mol. The van der Waals surface area contributed by atoms with Crippen molar-refractivity contribution in [3.8, 4) is 11.5 Å². The summed E-state index contributed by atoms with van der Waals surface area (Å²) >= 11 is 11.6. The molecule has 0 radical (unpaired) electrons. The van der Waals surface area contributed by atoms with Gasteiger partial charge in [-0.3, -0.25) is 4.79 Å². The van der Waals surface area contributed by atoms with Gasteiger partial charge in [0.2, 0.25) is 6.79 Å². The number of ether oxygens (including phenoxy) is 3. The first-order valence-corrected chi connectivity index (χ1v) is 8.12. The van der Waals surface area contributed by atoms with Gasteiger partial charge in [-0.25, -0.2) is 9.78 Å². The van der Waals surface area contributed by atoms with Crippen LogP contribution in [0, 0.1) is 0 Å². The van der Waals surface area contributed by atoms with Crippen LogP contribution in [0.15, 0.2) is 36.5 Å². The van der Waals surface area contributed by atoms with E-state index in [4.69, 9.17) is 37.4 Å². The molecule has 1 N–H and O–H groups in total. The number of aromatic nitrogens is 1. The molecule has 1 aliphatic rings. The highest BCUT2D eigenvalue weighted by atomic mass is 35.5. The summed E-state index contributed by atoms with van der Waals surface area (Å²) in [7, 11) is 0. The molecule has 2 heterocycles. The minimum atomic E-state index is -0.673. The Hall–Kier alpha value is -2.77. The van der Waals surface area contributed by atoms with Crippen LogP contribution in [0.1, 0.15) is 5.56 Å². The van der Waals surface area contributed by atoms with Crippen LogP contribution in [0.4, 0.5) is 5.82 Å². The number of pyridine rings is 1. The predicted octanol–water partition coefficient (Wildman–Crippen LogP) is 3.31. The Bertz CT molecular complexity index is 885. The fourth-order valence-electron chi connectivity index (χ4n) is 2.04. The third-order valence-electron chi connectivity index (χ3n) is 3.22. The van der Waals surface area contributed by atoms with Crippen LogP contribution in [0.25, 0.3) is 6.08 Å². The lowest BCUT2D eigenvalue weighted by atomic mass is 10.2. The van der Waals surface area contributed by atoms with Gasteiger partial charge in [0.25, 0.3) is 5.91 Å². The first-order valence-electron chi connectivity index (χ1n) is 7.36. The van der Waals surface area contributed by atoms with Crippen molar-refractivity contribution in [2.45, 2.75) is 0 Å². The lowest BCUT2D eigenvalue weighted by Crippen LogP contribution is -2.20. The Morgan fingerprint density at radius 3 is 2.85 bits per heavy atom. The second kappa shape index (κ2) is 8.07. The van der Waals surface area contributed by atoms with E-state index in [-0.39, 0.29) is 17.6 Å². The Morgan fingerprint density at radius 1 is 1.23 bits per heavy atom. The number of rotatable bonds is 5. The van der Waals surface area contributed by atoms with Crippen molar-refractivity contribution in [1.29, 1.82) is 0 Å². The van der Waals surface area contributed by atoms with Crippen LogP contribution in [0.2, 0.25) is 10.0 Å². The zero-order valence-corrected chi connectivity index (χ0v) is 14.7. The summed E-state index contributed by atoms with van der Waals surface area (Å²) < 4.78 is 15.3. The maximum Gasteiger partial charge on any atom is 0.331 e. The summed E-state index contributed by atoms with van der Waals surface area (Å²) in [6.07, 6.45) is 4.08. The van der Waals surface area contributed by atoms with Crippen LogP contribution in [-0.2, 0) is 14.3 Å². The van der Waals surface area contributed by atoms with E-state index >= 15 is 0 Å². The van der Waals surface area contributed by atoms with Gasteiger partial charge in [-0.05, 0) is 29.8 Å². The number of amides is 1. The number of carbonyl (C=O) groups excluding carboxylic acids is 2. The largest absolute Gasteiger partial charge is 0.454 e. The summed E-state index contributed by atoms with van der Waals surface area (Å²) in [6.45, 7) is -0.308. The highest BCUT2D eigenvalue weighted by Crippen LogP contribution is 2.32. The summed E-state index contributed by atoms with van der Waals surface area (Å²) in [5, 5.41) is 2.94. The van der Waals surface area contributed by atoms with Crippen molar-refractivity contribution in [2.75, 3.05) is 18.7 Å². The molecule has 0 atom stereocenters. The number of esters is 1. The lowest BCUT2D eigenvalue weighted by molar-refractivity contribution is -0.142. The van der Waals surface area contributed by atoms with Gasteiger partial charge in [0.1, 0.15) is 0 Å². The third-order valence-corrected chi connectivity index (χ3v) is 3.71. The Labute approximate surface area is 158 Å². The summed E-state index contributed by atoms with van der Waals surface area (Å²) in [4.78, 5) is 27.4. The molecule has 26 heavy (non-hydrogen) atoms. The topological polar surface area (TPSA) is 86.8 Å². The van der Waals surface area contributed by atoms with Crippen LogP contribution in [0.3, 0.4) is 0 Å². The number of hydrogen-bond donors (Lipinski definition) is 1. The van der Waals surface area contributed by atoms with Gasteiger partial charge in [0.05, 0.1) is 10.0 Å². The number of fused-ring (bicyclic) bond motifs is 1. The number of carbonyl (C=O) groups is 2. The van der Waals surface area contributed by atoms with E-state index in [1.807, 2.05) is 0 Å². The number of nitrogens with zero attached hydrogens (tertiary/aromatic N) is 1. The van der Waals surface area contributed by atoms with Crippen molar-refractivity contribution < 1.29 is 23.8 Å². The van der Waals surface area contributed by atoms with Crippen LogP contribution < -0.4 is 14.8 Å². The lowest BCUT2D eigenvalue weighted by Gasteiger charge is -2.06. The molecular weight excluding hydrogens is 383 g/mol. The standard InChI is InChI=1S/C17H12Cl2N2O5/c18-11-6-12(19)17(20-7-11)21-15(22)8-24-16(23)4-2-10-1-3-13-14(5-10)26-9-25-13/h1-7H,8-9H2,(H,20,21,22)/b4-2+. The minimum absolute atomic E-state index is 0.132. The number of anilines is 1. The number of nitrogens with one attached hydrogen (secondary N) is 1. The van der Waals surface area contributed by atoms with Crippen LogP contribution in [0.5, 0.6) is 11.5 Å². The van der Waals surface area contributed by atoms with E-state index in [2.05, 4.69) is 10.3 Å². The molecule has 0 saturated heterocycles. The monoisotopic (exact) mass is 394 g/mol. The van der Waals surface area contributed by atoms with Gasteiger partial charge in [-0.15, -0.1) is 0 Å². The number of benzene rings is 1. The fraction of sp³-hybridized carbons (Fsp3) is 0.118. The first-order chi connectivity index (χ1) is 12.5. The van der Waals surface area contributed by atoms with Gasteiger partial charge in [0.15, 0.2) is 23.9 Å². The summed E-state index contributed by atoms with van der Waals surface area (Å²) in [5.41, 5.74) is 0.729. The Balaban J connectivity index is 1.49. The Kier molecular flexibility index (Phi) is 5.60. The van der Waals surface area contributed by atoms with Crippen LogP contribution in [-0.4, -0.2) is 30.3 Å². The zero-order valence-electron chi connectivity index (χ0n) is 13.2. The molecule has 9 heteroatoms. The molecule has 2 aromatic rings. The molecule has 0 aliphatic carbocycles. The maximum atomic E-state index is 11.8. The van der Waals surface area contributed by atoms with E-state index in [0.717, 1.165) is 5.56 Å². The normalized spacial score (nSPS) is 12.2. The van der Waals surface area contributed by atoms with Crippen molar-refractivity contribution >= 4 is 47.0 Å². The molecule has 0 spiro atoms. The quantitative estimate of drug-likeness (QED) is 0.618. The second-order valence-electron chi connectivity index (χ2n) is 5.09. The van der Waals surface area contributed by atoms with E-state index in [0.29, 0.717) is 16.5 Å². The predicted molar refractivity (Wildman–Crippen MR) is 95.4 cm³/mol. The highest BCUT2D eigenvalue weighted by Gasteiger charge is 2.13. The highest BCUT2D eigenvalue weighted by molar-refractivity contribution is 6.36. The smallest absolute Gasteiger partial charge is 0.331 e. The molecule has 7 nitrogen and oxygen atoms in total. The van der Waals surface area contributed by atoms with Gasteiger partial charge in [0, 0.05) is 12.3 Å². The molecule has 1 aromatic heterocycles. The average Bonchev–Trinajstić information content (AvgIpc) is 3.08. The van der Waals surface area contributed by atoms with Gasteiger partial charge in [-0.2, -0.15) is 0 Å². The van der Waals surface area contributed by atoms with Crippen molar-refractivity contribution in [2.24, 2.45) is 0 Å². The van der Waals surface area contributed by atoms with Gasteiger partial charge in [-0.1, -0.05) is 29.3 Å². The van der Waals surface area contributed by atoms with Gasteiger partial charge < -0.3 is 19.5 Å². The molecule has 1 amide bonds. The van der Waals surface area contributed by atoms with E-state index in [9.17, 15) is 9.59 Å². The van der Waals surface area contributed by atoms with Crippen LogP contribution >= 0.6 is 23.2 Å².